The van der Waals surface area contributed by atoms with Crippen molar-refractivity contribution in [2.24, 2.45) is 5.10 Å². The average molecular weight is 366 g/mol. The molecule has 0 atom stereocenters. The van der Waals surface area contributed by atoms with Crippen LogP contribution in [0.2, 0.25) is 0 Å². The van der Waals surface area contributed by atoms with E-state index in [0.717, 1.165) is 5.56 Å². The molecule has 2 aromatic carbocycles. The van der Waals surface area contributed by atoms with E-state index in [-0.39, 0.29) is 11.3 Å². The molecular weight excluding hydrogens is 348 g/mol. The third-order valence-electron chi connectivity index (χ3n) is 3.78. The molecule has 0 bridgehead atoms. The molecule has 8 heteroatoms. The number of ether oxygens (including phenoxy) is 2. The second kappa shape index (κ2) is 8.13. The number of methoxy groups -OCH3 is 1. The fraction of sp³-hybridized carbons (Fsp3) is 0.158. The molecule has 0 aliphatic carbocycles. The zero-order valence-electron chi connectivity index (χ0n) is 14.9. The maximum Gasteiger partial charge on any atom is 0.292 e. The van der Waals surface area contributed by atoms with Crippen LogP contribution in [0, 0.1) is 0 Å². The standard InChI is InChI=1S/C19H18N4O4/c1-3-27-16-10-12(8-9-15(16)26-2)11-20-22-19(25)17-13-6-4-5-7-14(13)18(24)23-21-17/h4-11H,3H2,1-2H3,(H,22,25)(H,23,24)/b20-11-. The van der Waals surface area contributed by atoms with Crippen LogP contribution in [0.15, 0.2) is 52.4 Å². The van der Waals surface area contributed by atoms with E-state index in [0.29, 0.717) is 28.9 Å². The highest BCUT2D eigenvalue weighted by Gasteiger charge is 2.13. The summed E-state index contributed by atoms with van der Waals surface area (Å²) in [6.45, 7) is 2.38. The first kappa shape index (κ1) is 18.1. The summed E-state index contributed by atoms with van der Waals surface area (Å²) < 4.78 is 10.7. The Bertz CT molecular complexity index is 1060. The summed E-state index contributed by atoms with van der Waals surface area (Å²) in [6, 6.07) is 12.0. The number of nitrogens with one attached hydrogen (secondary N) is 2. The summed E-state index contributed by atoms with van der Waals surface area (Å²) in [5, 5.41) is 10.9. The molecule has 1 amide bonds. The predicted molar refractivity (Wildman–Crippen MR) is 102 cm³/mol. The lowest BCUT2D eigenvalue weighted by molar-refractivity contribution is 0.0951. The topological polar surface area (TPSA) is 106 Å². The number of rotatable bonds is 6. The Kier molecular flexibility index (Phi) is 5.46. The minimum atomic E-state index is -0.530. The molecule has 8 nitrogen and oxygen atoms in total. The number of fused-ring (bicyclic) bond motifs is 1. The van der Waals surface area contributed by atoms with Crippen LogP contribution in [0.1, 0.15) is 23.0 Å². The first-order valence-corrected chi connectivity index (χ1v) is 8.25. The van der Waals surface area contributed by atoms with E-state index in [9.17, 15) is 9.59 Å². The quantitative estimate of drug-likeness (QED) is 0.513. The van der Waals surface area contributed by atoms with E-state index >= 15 is 0 Å². The molecule has 0 saturated carbocycles. The fourth-order valence-corrected chi connectivity index (χ4v) is 2.55. The number of H-pyrrole nitrogens is 1. The molecule has 0 radical (unpaired) electrons. The van der Waals surface area contributed by atoms with Crippen molar-refractivity contribution < 1.29 is 14.3 Å². The number of amides is 1. The van der Waals surface area contributed by atoms with Crippen molar-refractivity contribution in [3.05, 3.63) is 64.1 Å². The largest absolute Gasteiger partial charge is 0.493 e. The lowest BCUT2D eigenvalue weighted by Crippen LogP contribution is -2.22. The van der Waals surface area contributed by atoms with Gasteiger partial charge >= 0.3 is 0 Å². The van der Waals surface area contributed by atoms with E-state index in [1.807, 2.05) is 6.92 Å². The van der Waals surface area contributed by atoms with E-state index in [1.54, 1.807) is 49.6 Å². The Hall–Kier alpha value is -3.68. The van der Waals surface area contributed by atoms with Crippen molar-refractivity contribution in [3.63, 3.8) is 0 Å². The zero-order chi connectivity index (χ0) is 19.2. The van der Waals surface area contributed by atoms with Crippen LogP contribution in [-0.2, 0) is 0 Å². The van der Waals surface area contributed by atoms with Crippen molar-refractivity contribution in [2.45, 2.75) is 6.92 Å². The zero-order valence-corrected chi connectivity index (χ0v) is 14.9. The van der Waals surface area contributed by atoms with E-state index in [4.69, 9.17) is 9.47 Å². The van der Waals surface area contributed by atoms with Crippen LogP contribution >= 0.6 is 0 Å². The minimum Gasteiger partial charge on any atom is -0.493 e. The summed E-state index contributed by atoms with van der Waals surface area (Å²) in [4.78, 5) is 24.2. The highest BCUT2D eigenvalue weighted by atomic mass is 16.5. The molecule has 1 heterocycles. The number of nitrogens with zero attached hydrogens (tertiary/aromatic N) is 2. The summed E-state index contributed by atoms with van der Waals surface area (Å²) in [5.74, 6) is 0.669. The molecule has 0 spiro atoms. The minimum absolute atomic E-state index is 0.0899. The van der Waals surface area contributed by atoms with Gasteiger partial charge in [-0.25, -0.2) is 10.5 Å². The van der Waals surface area contributed by atoms with Gasteiger partial charge in [-0.05, 0) is 36.8 Å². The van der Waals surface area contributed by atoms with Gasteiger partial charge in [0.2, 0.25) is 0 Å². The molecule has 0 aliphatic heterocycles. The number of hydrogen-bond donors (Lipinski definition) is 2. The molecule has 0 aliphatic rings. The molecule has 1 aromatic heterocycles. The van der Waals surface area contributed by atoms with Gasteiger partial charge in [0.15, 0.2) is 17.2 Å². The van der Waals surface area contributed by atoms with Crippen LogP contribution < -0.4 is 20.5 Å². The van der Waals surface area contributed by atoms with Gasteiger partial charge in [-0.2, -0.15) is 10.2 Å². The van der Waals surface area contributed by atoms with Crippen molar-refractivity contribution in [1.29, 1.82) is 0 Å². The molecule has 3 rings (SSSR count). The van der Waals surface area contributed by atoms with Crippen molar-refractivity contribution in [3.8, 4) is 11.5 Å². The second-order valence-corrected chi connectivity index (χ2v) is 5.49. The maximum absolute atomic E-state index is 12.4. The molecule has 0 saturated heterocycles. The van der Waals surface area contributed by atoms with Crippen LogP contribution in [0.5, 0.6) is 11.5 Å². The molecule has 2 N–H and O–H groups in total. The monoisotopic (exact) mass is 366 g/mol. The Balaban J connectivity index is 1.79. The SMILES string of the molecule is CCOc1cc(/C=N\NC(=O)c2n[nH]c(=O)c3ccccc23)ccc1OC. The van der Waals surface area contributed by atoms with Gasteiger partial charge in [0.1, 0.15) is 0 Å². The third kappa shape index (κ3) is 3.95. The Morgan fingerprint density at radius 1 is 1.22 bits per heavy atom. The summed E-state index contributed by atoms with van der Waals surface area (Å²) >= 11 is 0. The first-order chi connectivity index (χ1) is 13.1. The molecule has 0 fully saturated rings. The summed E-state index contributed by atoms with van der Waals surface area (Å²) in [5.41, 5.74) is 2.87. The highest BCUT2D eigenvalue weighted by Crippen LogP contribution is 2.27. The lowest BCUT2D eigenvalue weighted by atomic mass is 10.1. The first-order valence-electron chi connectivity index (χ1n) is 8.25. The second-order valence-electron chi connectivity index (χ2n) is 5.49. The molecule has 138 valence electrons. The van der Waals surface area contributed by atoms with Gasteiger partial charge in [-0.15, -0.1) is 0 Å². The maximum atomic E-state index is 12.4. The van der Waals surface area contributed by atoms with Crippen LogP contribution in [0.25, 0.3) is 10.8 Å². The number of hydrazone groups is 1. The number of carbonyl (C=O) groups is 1. The van der Waals surface area contributed by atoms with E-state index in [1.165, 1.54) is 6.21 Å². The van der Waals surface area contributed by atoms with Crippen LogP contribution in [0.4, 0.5) is 0 Å². The van der Waals surface area contributed by atoms with Crippen molar-refractivity contribution in [2.75, 3.05) is 13.7 Å². The van der Waals surface area contributed by atoms with Crippen molar-refractivity contribution >= 4 is 22.9 Å². The summed E-state index contributed by atoms with van der Waals surface area (Å²) in [6.07, 6.45) is 1.48. The smallest absolute Gasteiger partial charge is 0.292 e. The number of carbonyl (C=O) groups excluding carboxylic acids is 1. The fourth-order valence-electron chi connectivity index (χ4n) is 2.55. The Morgan fingerprint density at radius 3 is 2.74 bits per heavy atom. The lowest BCUT2D eigenvalue weighted by Gasteiger charge is -2.09. The van der Waals surface area contributed by atoms with E-state index < -0.39 is 5.91 Å². The van der Waals surface area contributed by atoms with Gasteiger partial charge in [0.25, 0.3) is 11.5 Å². The molecule has 3 aromatic rings. The number of hydrogen-bond acceptors (Lipinski definition) is 6. The van der Waals surface area contributed by atoms with Gasteiger partial charge in [-0.1, -0.05) is 18.2 Å². The normalized spacial score (nSPS) is 10.9. The third-order valence-corrected chi connectivity index (χ3v) is 3.78. The predicted octanol–water partition coefficient (Wildman–Crippen LogP) is 2.09. The number of aromatic amines is 1. The average Bonchev–Trinajstić information content (AvgIpc) is 2.69. The number of aromatic nitrogens is 2. The Labute approximate surface area is 154 Å². The van der Waals surface area contributed by atoms with Gasteiger partial charge in [0, 0.05) is 5.39 Å². The van der Waals surface area contributed by atoms with Gasteiger partial charge in [-0.3, -0.25) is 9.59 Å². The van der Waals surface area contributed by atoms with Crippen LogP contribution in [-0.4, -0.2) is 36.0 Å². The molecule has 27 heavy (non-hydrogen) atoms. The Morgan fingerprint density at radius 2 is 2.00 bits per heavy atom. The highest BCUT2D eigenvalue weighted by molar-refractivity contribution is 6.04. The summed E-state index contributed by atoms with van der Waals surface area (Å²) in [7, 11) is 1.56. The number of benzene rings is 2. The van der Waals surface area contributed by atoms with E-state index in [2.05, 4.69) is 20.7 Å². The van der Waals surface area contributed by atoms with Crippen molar-refractivity contribution in [1.82, 2.24) is 15.6 Å². The molecule has 0 unspecified atom stereocenters. The van der Waals surface area contributed by atoms with Crippen LogP contribution in [0.3, 0.4) is 0 Å². The van der Waals surface area contributed by atoms with Gasteiger partial charge in [0.05, 0.1) is 25.3 Å². The van der Waals surface area contributed by atoms with Gasteiger partial charge < -0.3 is 9.47 Å². The molecular formula is C19H18N4O4.